The van der Waals surface area contributed by atoms with Crippen LogP contribution in [0.3, 0.4) is 0 Å². The van der Waals surface area contributed by atoms with Crippen LogP contribution >= 0.6 is 0 Å². The molecule has 4 heteroatoms. The van der Waals surface area contributed by atoms with Crippen molar-refractivity contribution in [3.8, 4) is 0 Å². The standard InChI is InChI=1S/C12H14O4/c1-2-8-15-12(14)11(16-9-13)10-6-4-3-5-7-10/h3-7,9,11H,2,8H2,1H3. The van der Waals surface area contributed by atoms with Crippen LogP contribution in [-0.2, 0) is 19.1 Å². The molecule has 0 fully saturated rings. The molecule has 0 aliphatic heterocycles. The summed E-state index contributed by atoms with van der Waals surface area (Å²) in [6.07, 6.45) is -0.237. The van der Waals surface area contributed by atoms with Gasteiger partial charge in [0.1, 0.15) is 0 Å². The quantitative estimate of drug-likeness (QED) is 0.544. The average Bonchev–Trinajstić information content (AvgIpc) is 2.34. The molecule has 0 amide bonds. The molecule has 1 aromatic carbocycles. The molecule has 1 rings (SSSR count). The molecule has 0 radical (unpaired) electrons. The molecular formula is C12H14O4. The predicted octanol–water partition coefficient (Wildman–Crippen LogP) is 1.85. The van der Waals surface area contributed by atoms with E-state index in [4.69, 9.17) is 9.47 Å². The van der Waals surface area contributed by atoms with E-state index in [0.29, 0.717) is 12.2 Å². The Labute approximate surface area is 94.2 Å². The molecule has 16 heavy (non-hydrogen) atoms. The summed E-state index contributed by atoms with van der Waals surface area (Å²) in [4.78, 5) is 21.9. The summed E-state index contributed by atoms with van der Waals surface area (Å²) >= 11 is 0. The topological polar surface area (TPSA) is 52.6 Å². The van der Waals surface area contributed by atoms with Crippen molar-refractivity contribution in [1.82, 2.24) is 0 Å². The van der Waals surface area contributed by atoms with Gasteiger partial charge in [-0.25, -0.2) is 4.79 Å². The highest BCUT2D eigenvalue weighted by molar-refractivity contribution is 5.77. The molecule has 4 nitrogen and oxygen atoms in total. The van der Waals surface area contributed by atoms with Gasteiger partial charge in [-0.3, -0.25) is 4.79 Å². The van der Waals surface area contributed by atoms with Gasteiger partial charge in [-0.05, 0) is 6.42 Å². The van der Waals surface area contributed by atoms with Gasteiger partial charge in [0.2, 0.25) is 6.10 Å². The lowest BCUT2D eigenvalue weighted by atomic mass is 10.1. The second-order valence-electron chi connectivity index (χ2n) is 3.19. The van der Waals surface area contributed by atoms with Crippen molar-refractivity contribution in [2.75, 3.05) is 6.61 Å². The lowest BCUT2D eigenvalue weighted by Crippen LogP contribution is -2.18. The third-order valence-corrected chi connectivity index (χ3v) is 1.96. The van der Waals surface area contributed by atoms with E-state index < -0.39 is 12.1 Å². The summed E-state index contributed by atoms with van der Waals surface area (Å²) in [5.74, 6) is -0.542. The smallest absolute Gasteiger partial charge is 0.352 e. The molecule has 1 atom stereocenters. The van der Waals surface area contributed by atoms with E-state index in [1.54, 1.807) is 24.3 Å². The normalized spacial score (nSPS) is 11.6. The van der Waals surface area contributed by atoms with Gasteiger partial charge in [-0.1, -0.05) is 37.3 Å². The van der Waals surface area contributed by atoms with Crippen LogP contribution in [0.5, 0.6) is 0 Å². The Morgan fingerprint density at radius 3 is 2.62 bits per heavy atom. The number of benzene rings is 1. The summed E-state index contributed by atoms with van der Waals surface area (Å²) in [6.45, 7) is 2.47. The van der Waals surface area contributed by atoms with Crippen LogP contribution in [-0.4, -0.2) is 19.0 Å². The van der Waals surface area contributed by atoms with E-state index in [1.165, 1.54) is 0 Å². The number of ether oxygens (including phenoxy) is 2. The van der Waals surface area contributed by atoms with Crippen LogP contribution in [0.4, 0.5) is 0 Å². The largest absolute Gasteiger partial charge is 0.463 e. The SMILES string of the molecule is CCCOC(=O)C(OC=O)c1ccccc1. The molecule has 0 saturated heterocycles. The number of hydrogen-bond donors (Lipinski definition) is 0. The molecule has 0 aliphatic rings. The molecule has 0 aromatic heterocycles. The van der Waals surface area contributed by atoms with Gasteiger partial charge in [0, 0.05) is 5.56 Å². The third-order valence-electron chi connectivity index (χ3n) is 1.96. The Kier molecular flexibility index (Phi) is 5.05. The zero-order valence-electron chi connectivity index (χ0n) is 9.09. The highest BCUT2D eigenvalue weighted by Crippen LogP contribution is 2.17. The Bertz CT molecular complexity index is 334. The number of esters is 1. The second kappa shape index (κ2) is 6.61. The number of hydrogen-bond acceptors (Lipinski definition) is 4. The molecule has 1 unspecified atom stereocenters. The van der Waals surface area contributed by atoms with Crippen molar-refractivity contribution in [1.29, 1.82) is 0 Å². The fraction of sp³-hybridized carbons (Fsp3) is 0.333. The summed E-state index contributed by atoms with van der Waals surface area (Å²) in [5, 5.41) is 0. The maximum absolute atomic E-state index is 11.6. The van der Waals surface area contributed by atoms with Crippen LogP contribution in [0.2, 0.25) is 0 Å². The fourth-order valence-corrected chi connectivity index (χ4v) is 1.23. The van der Waals surface area contributed by atoms with Gasteiger partial charge < -0.3 is 9.47 Å². The first-order chi connectivity index (χ1) is 7.79. The minimum Gasteiger partial charge on any atom is -0.463 e. The Balaban J connectivity index is 2.74. The zero-order valence-corrected chi connectivity index (χ0v) is 9.09. The first kappa shape index (κ1) is 12.2. The first-order valence-corrected chi connectivity index (χ1v) is 5.10. The molecule has 0 saturated carbocycles. The van der Waals surface area contributed by atoms with Gasteiger partial charge in [-0.2, -0.15) is 0 Å². The summed E-state index contributed by atoms with van der Waals surface area (Å²) in [7, 11) is 0. The van der Waals surface area contributed by atoms with Gasteiger partial charge in [0.05, 0.1) is 6.61 Å². The third kappa shape index (κ3) is 3.38. The Morgan fingerprint density at radius 1 is 1.38 bits per heavy atom. The van der Waals surface area contributed by atoms with Crippen molar-refractivity contribution in [3.63, 3.8) is 0 Å². The first-order valence-electron chi connectivity index (χ1n) is 5.10. The predicted molar refractivity (Wildman–Crippen MR) is 57.6 cm³/mol. The lowest BCUT2D eigenvalue weighted by molar-refractivity contribution is -0.162. The summed E-state index contributed by atoms with van der Waals surface area (Å²) in [6, 6.07) is 8.77. The van der Waals surface area contributed by atoms with E-state index in [0.717, 1.165) is 6.42 Å². The highest BCUT2D eigenvalue weighted by Gasteiger charge is 2.22. The van der Waals surface area contributed by atoms with Crippen LogP contribution in [0, 0.1) is 0 Å². The molecule has 86 valence electrons. The summed E-state index contributed by atoms with van der Waals surface area (Å²) < 4.78 is 9.67. The molecule has 0 aliphatic carbocycles. The lowest BCUT2D eigenvalue weighted by Gasteiger charge is -2.14. The van der Waals surface area contributed by atoms with E-state index in [2.05, 4.69) is 0 Å². The van der Waals surface area contributed by atoms with Crippen molar-refractivity contribution < 1.29 is 19.1 Å². The van der Waals surface area contributed by atoms with Crippen molar-refractivity contribution in [2.24, 2.45) is 0 Å². The van der Waals surface area contributed by atoms with Crippen LogP contribution < -0.4 is 0 Å². The molecule has 0 heterocycles. The minimum absolute atomic E-state index is 0.255. The minimum atomic E-state index is -0.967. The Hall–Kier alpha value is -1.84. The van der Waals surface area contributed by atoms with Crippen LogP contribution in [0.1, 0.15) is 25.0 Å². The number of carbonyl (C=O) groups is 2. The van der Waals surface area contributed by atoms with Gasteiger partial charge in [-0.15, -0.1) is 0 Å². The maximum Gasteiger partial charge on any atom is 0.352 e. The van der Waals surface area contributed by atoms with E-state index >= 15 is 0 Å². The van der Waals surface area contributed by atoms with Gasteiger partial charge in [0.15, 0.2) is 0 Å². The van der Waals surface area contributed by atoms with E-state index in [9.17, 15) is 9.59 Å². The number of carbonyl (C=O) groups excluding carboxylic acids is 2. The Morgan fingerprint density at radius 2 is 2.06 bits per heavy atom. The van der Waals surface area contributed by atoms with Crippen LogP contribution in [0.15, 0.2) is 30.3 Å². The molecular weight excluding hydrogens is 208 g/mol. The molecule has 0 N–H and O–H groups in total. The highest BCUT2D eigenvalue weighted by atomic mass is 16.6. The average molecular weight is 222 g/mol. The van der Waals surface area contributed by atoms with Gasteiger partial charge in [0.25, 0.3) is 6.47 Å². The second-order valence-corrected chi connectivity index (χ2v) is 3.19. The summed E-state index contributed by atoms with van der Waals surface area (Å²) in [5.41, 5.74) is 0.607. The zero-order chi connectivity index (χ0) is 11.8. The molecule has 0 spiro atoms. The molecule has 0 bridgehead atoms. The maximum atomic E-state index is 11.6. The van der Waals surface area contributed by atoms with Crippen molar-refractivity contribution in [2.45, 2.75) is 19.4 Å². The van der Waals surface area contributed by atoms with Gasteiger partial charge >= 0.3 is 5.97 Å². The monoisotopic (exact) mass is 222 g/mol. The van der Waals surface area contributed by atoms with E-state index in [-0.39, 0.29) is 6.47 Å². The number of rotatable bonds is 6. The van der Waals surface area contributed by atoms with Crippen LogP contribution in [0.25, 0.3) is 0 Å². The van der Waals surface area contributed by atoms with Crippen molar-refractivity contribution >= 4 is 12.4 Å². The molecule has 1 aromatic rings. The van der Waals surface area contributed by atoms with Crippen molar-refractivity contribution in [3.05, 3.63) is 35.9 Å². The fourth-order valence-electron chi connectivity index (χ4n) is 1.23. The van der Waals surface area contributed by atoms with E-state index in [1.807, 2.05) is 13.0 Å².